The summed E-state index contributed by atoms with van der Waals surface area (Å²) in [6.07, 6.45) is -4.72. The van der Waals surface area contributed by atoms with Gasteiger partial charge in [-0.05, 0) is 23.8 Å². The number of carboxylic acids is 1. The van der Waals surface area contributed by atoms with E-state index in [1.165, 1.54) is 6.07 Å². The molecule has 0 amide bonds. The highest BCUT2D eigenvalue weighted by Gasteiger charge is 2.63. The Bertz CT molecular complexity index is 846. The topological polar surface area (TPSA) is 55.8 Å². The molecule has 4 rings (SSSR count). The average molecular weight is 350 g/mol. The van der Waals surface area contributed by atoms with Crippen molar-refractivity contribution < 1.29 is 32.5 Å². The molecule has 25 heavy (non-hydrogen) atoms. The Kier molecular flexibility index (Phi) is 3.42. The number of aliphatic carboxylic acids is 1. The number of alkyl halides is 3. The van der Waals surface area contributed by atoms with E-state index < -0.39 is 23.6 Å². The number of rotatable bonds is 4. The summed E-state index contributed by atoms with van der Waals surface area (Å²) in [5.41, 5.74) is 0.527. The van der Waals surface area contributed by atoms with Gasteiger partial charge in [-0.3, -0.25) is 4.79 Å². The van der Waals surface area contributed by atoms with E-state index in [2.05, 4.69) is 0 Å². The molecule has 2 aromatic carbocycles. The fourth-order valence-corrected chi connectivity index (χ4v) is 3.23. The molecule has 1 aliphatic carbocycles. The van der Waals surface area contributed by atoms with E-state index in [1.807, 2.05) is 0 Å². The number of halogens is 3. The van der Waals surface area contributed by atoms with Crippen molar-refractivity contribution in [2.75, 3.05) is 0 Å². The van der Waals surface area contributed by atoms with E-state index in [0.29, 0.717) is 17.1 Å². The van der Waals surface area contributed by atoms with Crippen LogP contribution < -0.4 is 9.47 Å². The van der Waals surface area contributed by atoms with Crippen LogP contribution in [0.2, 0.25) is 0 Å². The Morgan fingerprint density at radius 1 is 1.20 bits per heavy atom. The molecule has 0 bridgehead atoms. The Morgan fingerprint density at radius 3 is 2.72 bits per heavy atom. The first-order valence-corrected chi connectivity index (χ1v) is 7.67. The highest BCUT2D eigenvalue weighted by Crippen LogP contribution is 2.58. The minimum atomic E-state index is -4.39. The number of benzene rings is 2. The molecular weight excluding hydrogens is 337 g/mol. The first-order valence-electron chi connectivity index (χ1n) is 7.67. The second-order valence-electron chi connectivity index (χ2n) is 6.16. The van der Waals surface area contributed by atoms with Crippen LogP contribution in [-0.4, -0.2) is 17.2 Å². The highest BCUT2D eigenvalue weighted by atomic mass is 19.4. The third-order valence-electron chi connectivity index (χ3n) is 4.51. The molecule has 1 heterocycles. The Morgan fingerprint density at radius 2 is 2.00 bits per heavy atom. The average Bonchev–Trinajstić information content (AvgIpc) is 3.16. The van der Waals surface area contributed by atoms with E-state index in [-0.39, 0.29) is 18.6 Å². The largest absolute Gasteiger partial charge is 0.489 e. The molecule has 1 saturated carbocycles. The van der Waals surface area contributed by atoms with Crippen LogP contribution in [0.3, 0.4) is 0 Å². The van der Waals surface area contributed by atoms with Gasteiger partial charge in [0, 0.05) is 17.5 Å². The fraction of sp³-hybridized carbons (Fsp3) is 0.278. The lowest BCUT2D eigenvalue weighted by molar-refractivity contribution is -0.139. The van der Waals surface area contributed by atoms with Gasteiger partial charge in [0.15, 0.2) is 0 Å². The van der Waals surface area contributed by atoms with Crippen LogP contribution >= 0.6 is 0 Å². The van der Waals surface area contributed by atoms with Crippen LogP contribution in [0.4, 0.5) is 13.2 Å². The third kappa shape index (κ3) is 2.79. The molecular formula is C18H13F3O4. The maximum Gasteiger partial charge on any atom is 0.416 e. The van der Waals surface area contributed by atoms with Gasteiger partial charge < -0.3 is 14.6 Å². The van der Waals surface area contributed by atoms with Crippen molar-refractivity contribution in [3.63, 3.8) is 0 Å². The molecule has 0 saturated heterocycles. The van der Waals surface area contributed by atoms with Crippen molar-refractivity contribution in [2.24, 2.45) is 5.92 Å². The molecule has 7 heteroatoms. The first-order chi connectivity index (χ1) is 11.8. The van der Waals surface area contributed by atoms with Crippen molar-refractivity contribution >= 4 is 5.97 Å². The summed E-state index contributed by atoms with van der Waals surface area (Å²) < 4.78 is 49.3. The quantitative estimate of drug-likeness (QED) is 0.910. The summed E-state index contributed by atoms with van der Waals surface area (Å²) in [5, 5.41) is 9.04. The number of hydrogen-bond donors (Lipinski definition) is 1. The summed E-state index contributed by atoms with van der Waals surface area (Å²) >= 11 is 0. The van der Waals surface area contributed by atoms with E-state index in [1.54, 1.807) is 24.3 Å². The highest BCUT2D eigenvalue weighted by molar-refractivity contribution is 5.79. The van der Waals surface area contributed by atoms with Crippen LogP contribution in [0.15, 0.2) is 42.5 Å². The Balaban J connectivity index is 1.45. The normalized spacial score (nSPS) is 23.4. The summed E-state index contributed by atoms with van der Waals surface area (Å²) in [7, 11) is 0. The van der Waals surface area contributed by atoms with Crippen molar-refractivity contribution in [3.05, 3.63) is 59.2 Å². The van der Waals surface area contributed by atoms with Crippen LogP contribution in [0.1, 0.15) is 22.6 Å². The molecule has 1 fully saturated rings. The van der Waals surface area contributed by atoms with Crippen LogP contribution in [0.5, 0.6) is 11.5 Å². The minimum Gasteiger partial charge on any atom is -0.489 e. The van der Waals surface area contributed by atoms with E-state index in [9.17, 15) is 18.0 Å². The van der Waals surface area contributed by atoms with Crippen LogP contribution in [-0.2, 0) is 17.6 Å². The molecule has 1 aliphatic heterocycles. The molecule has 0 spiro atoms. The lowest BCUT2D eigenvalue weighted by Crippen LogP contribution is -2.08. The second-order valence-corrected chi connectivity index (χ2v) is 6.16. The van der Waals surface area contributed by atoms with Crippen molar-refractivity contribution in [3.8, 4) is 11.5 Å². The first kappa shape index (κ1) is 15.8. The lowest BCUT2D eigenvalue weighted by atomic mass is 10.1. The molecule has 3 atom stereocenters. The SMILES string of the molecule is O=C(O)C1C2Oc3cc(OCc4cccc(C(F)(F)F)c4)ccc3C21. The second kappa shape index (κ2) is 5.40. The summed E-state index contributed by atoms with van der Waals surface area (Å²) in [6, 6.07) is 10.0. The van der Waals surface area contributed by atoms with Gasteiger partial charge in [0.25, 0.3) is 0 Å². The van der Waals surface area contributed by atoms with Gasteiger partial charge in [-0.2, -0.15) is 13.2 Å². The standard InChI is InChI=1S/C18H13F3O4/c19-18(20,21)10-3-1-2-9(6-10)8-24-11-4-5-12-13(7-11)25-16-14(12)15(16)17(22)23/h1-7,14-16H,8H2,(H,22,23). The Labute approximate surface area is 140 Å². The van der Waals surface area contributed by atoms with Gasteiger partial charge in [0.1, 0.15) is 30.1 Å². The molecule has 3 unspecified atom stereocenters. The maximum atomic E-state index is 12.7. The van der Waals surface area contributed by atoms with Crippen molar-refractivity contribution in [1.29, 1.82) is 0 Å². The smallest absolute Gasteiger partial charge is 0.416 e. The molecule has 2 aromatic rings. The predicted octanol–water partition coefficient (Wildman–Crippen LogP) is 3.84. The van der Waals surface area contributed by atoms with Gasteiger partial charge in [0.05, 0.1) is 5.56 Å². The van der Waals surface area contributed by atoms with Crippen molar-refractivity contribution in [2.45, 2.75) is 24.8 Å². The predicted molar refractivity (Wildman–Crippen MR) is 80.5 cm³/mol. The summed E-state index contributed by atoms with van der Waals surface area (Å²) in [5.74, 6) is -0.446. The van der Waals surface area contributed by atoms with Gasteiger partial charge in [-0.15, -0.1) is 0 Å². The zero-order valence-corrected chi connectivity index (χ0v) is 12.8. The monoisotopic (exact) mass is 350 g/mol. The lowest BCUT2D eigenvalue weighted by Gasteiger charge is -2.12. The number of fused-ring (bicyclic) bond motifs is 3. The van der Waals surface area contributed by atoms with E-state index in [4.69, 9.17) is 14.6 Å². The molecule has 2 aliphatic rings. The number of carboxylic acid groups (broad SMARTS) is 1. The minimum absolute atomic E-state index is 0.00663. The van der Waals surface area contributed by atoms with Crippen molar-refractivity contribution in [1.82, 2.24) is 0 Å². The van der Waals surface area contributed by atoms with Crippen LogP contribution in [0.25, 0.3) is 0 Å². The van der Waals surface area contributed by atoms with E-state index in [0.717, 1.165) is 17.7 Å². The molecule has 0 aromatic heterocycles. The van der Waals surface area contributed by atoms with E-state index >= 15 is 0 Å². The maximum absolute atomic E-state index is 12.7. The molecule has 0 radical (unpaired) electrons. The third-order valence-corrected chi connectivity index (χ3v) is 4.51. The molecule has 4 nitrogen and oxygen atoms in total. The Hall–Kier alpha value is -2.70. The summed E-state index contributed by atoms with van der Waals surface area (Å²) in [4.78, 5) is 11.0. The molecule has 1 N–H and O–H groups in total. The molecule has 130 valence electrons. The van der Waals surface area contributed by atoms with Crippen LogP contribution in [0, 0.1) is 5.92 Å². The number of carbonyl (C=O) groups is 1. The fourth-order valence-electron chi connectivity index (χ4n) is 3.23. The van der Waals surface area contributed by atoms with Gasteiger partial charge in [-0.25, -0.2) is 0 Å². The zero-order chi connectivity index (χ0) is 17.8. The summed E-state index contributed by atoms with van der Waals surface area (Å²) in [6.45, 7) is -0.00663. The number of hydrogen-bond acceptors (Lipinski definition) is 3. The zero-order valence-electron chi connectivity index (χ0n) is 12.8. The van der Waals surface area contributed by atoms with Gasteiger partial charge >= 0.3 is 12.1 Å². The van der Waals surface area contributed by atoms with Gasteiger partial charge in [0.2, 0.25) is 0 Å². The number of ether oxygens (including phenoxy) is 2. The van der Waals surface area contributed by atoms with Gasteiger partial charge in [-0.1, -0.05) is 18.2 Å².